The number of ether oxygens (including phenoxy) is 1. The third-order valence-corrected chi connectivity index (χ3v) is 2.97. The zero-order chi connectivity index (χ0) is 15.3. The van der Waals surface area contributed by atoms with Crippen molar-refractivity contribution >= 4 is 7.60 Å². The van der Waals surface area contributed by atoms with Crippen LogP contribution in [0, 0.1) is 0 Å². The quantitative estimate of drug-likeness (QED) is 0.392. The Morgan fingerprint density at radius 3 is 2.45 bits per heavy atom. The summed E-state index contributed by atoms with van der Waals surface area (Å²) in [5, 5.41) is 0. The summed E-state index contributed by atoms with van der Waals surface area (Å²) in [4.78, 5) is 45.8. The number of halogens is 1. The molecule has 8 nitrogen and oxygen atoms in total. The van der Waals surface area contributed by atoms with Gasteiger partial charge in [-0.1, -0.05) is 6.92 Å². The van der Waals surface area contributed by atoms with Gasteiger partial charge in [-0.2, -0.15) is 0 Å². The first kappa shape index (κ1) is 24.2. The summed E-state index contributed by atoms with van der Waals surface area (Å²) in [5.41, 5.74) is -0.975. The third-order valence-electron chi connectivity index (χ3n) is 2.51. The smallest absolute Gasteiger partial charge is 0.809 e. The monoisotopic (exact) mass is 322 g/mol. The van der Waals surface area contributed by atoms with Gasteiger partial charge < -0.3 is 19.1 Å². The van der Waals surface area contributed by atoms with E-state index in [2.05, 4.69) is 9.72 Å². The van der Waals surface area contributed by atoms with Gasteiger partial charge in [-0.3, -0.25) is 14.3 Å². The molecule has 0 fully saturated rings. The standard InChI is InChI=1S/C10H16FN2O6P.2Li/c1-2-7-4-13(10(15)12-9(7)14)5-8(3-11)19-6-20(16,17)18;;/h4,8H,2-3,5-6H2,1H3,(H,12,14,15)(H2,16,17,18);;/q;2*+1/p-2/t8-;;/m1../s1. The molecule has 1 atom stereocenters. The van der Waals surface area contributed by atoms with Gasteiger partial charge in [-0.05, 0) is 14.0 Å². The Morgan fingerprint density at radius 1 is 1.41 bits per heavy atom. The average molecular weight is 322 g/mol. The van der Waals surface area contributed by atoms with Crippen LogP contribution in [0.2, 0.25) is 0 Å². The van der Waals surface area contributed by atoms with E-state index in [1.165, 1.54) is 6.20 Å². The molecular formula is C10H14FLi2N2O6P. The number of nitrogens with one attached hydrogen (secondary N) is 1. The maximum atomic E-state index is 12.7. The van der Waals surface area contributed by atoms with E-state index in [9.17, 15) is 28.3 Å². The minimum atomic E-state index is -4.91. The third kappa shape index (κ3) is 7.96. The summed E-state index contributed by atoms with van der Waals surface area (Å²) in [6, 6.07) is 0. The van der Waals surface area contributed by atoms with E-state index in [1.54, 1.807) is 6.92 Å². The number of alkyl halides is 1. The molecule has 0 unspecified atom stereocenters. The normalized spacial score (nSPS) is 12.2. The number of aryl methyl sites for hydroxylation is 1. The second kappa shape index (κ2) is 10.6. The molecule has 22 heavy (non-hydrogen) atoms. The molecule has 1 heterocycles. The second-order valence-electron chi connectivity index (χ2n) is 4.10. The Morgan fingerprint density at radius 2 is 2.00 bits per heavy atom. The molecule has 0 radical (unpaired) electrons. The van der Waals surface area contributed by atoms with E-state index in [0.29, 0.717) is 12.0 Å². The second-order valence-corrected chi connectivity index (χ2v) is 5.58. The van der Waals surface area contributed by atoms with Gasteiger partial charge in [0.2, 0.25) is 0 Å². The SMILES string of the molecule is CCc1cn(C[C@@H](CF)OCP(=O)([O-])[O-])c(=O)[nH]c1=O.[Li+].[Li+]. The van der Waals surface area contributed by atoms with Gasteiger partial charge in [-0.15, -0.1) is 0 Å². The van der Waals surface area contributed by atoms with E-state index in [4.69, 9.17) is 0 Å². The fraction of sp³-hybridized carbons (Fsp3) is 0.600. The van der Waals surface area contributed by atoms with Gasteiger partial charge in [0.15, 0.2) is 0 Å². The molecule has 114 valence electrons. The van der Waals surface area contributed by atoms with Crippen LogP contribution >= 0.6 is 7.60 Å². The van der Waals surface area contributed by atoms with Crippen molar-refractivity contribution in [1.29, 1.82) is 0 Å². The number of nitrogens with zero attached hydrogens (tertiary/aromatic N) is 1. The summed E-state index contributed by atoms with van der Waals surface area (Å²) in [6.45, 7) is 0.319. The molecule has 0 saturated heterocycles. The predicted molar refractivity (Wildman–Crippen MR) is 64.0 cm³/mol. The Kier molecular flexibility index (Phi) is 11.7. The van der Waals surface area contributed by atoms with Crippen molar-refractivity contribution in [2.45, 2.75) is 26.0 Å². The van der Waals surface area contributed by atoms with Crippen LogP contribution in [0.3, 0.4) is 0 Å². The maximum absolute atomic E-state index is 12.7. The van der Waals surface area contributed by atoms with Crippen molar-refractivity contribution in [2.75, 3.05) is 13.0 Å². The van der Waals surface area contributed by atoms with Crippen molar-refractivity contribution in [2.24, 2.45) is 0 Å². The minimum Gasteiger partial charge on any atom is -0.809 e. The maximum Gasteiger partial charge on any atom is 1.00 e. The van der Waals surface area contributed by atoms with E-state index in [0.717, 1.165) is 4.57 Å². The van der Waals surface area contributed by atoms with Crippen LogP contribution in [-0.2, 0) is 22.3 Å². The van der Waals surface area contributed by atoms with Gasteiger partial charge in [0.1, 0.15) is 12.8 Å². The fourth-order valence-corrected chi connectivity index (χ4v) is 1.90. The number of hydrogen-bond acceptors (Lipinski definition) is 6. The van der Waals surface area contributed by atoms with E-state index in [-0.39, 0.29) is 44.3 Å². The molecule has 0 aliphatic carbocycles. The summed E-state index contributed by atoms with van der Waals surface area (Å²) in [5.74, 6) is 0. The first-order chi connectivity index (χ1) is 9.26. The molecule has 0 aliphatic heterocycles. The Bertz CT molecular complexity index is 616. The van der Waals surface area contributed by atoms with Crippen LogP contribution in [0.25, 0.3) is 0 Å². The molecule has 12 heteroatoms. The topological polar surface area (TPSA) is 127 Å². The number of aromatic amines is 1. The molecule has 1 N–H and O–H groups in total. The van der Waals surface area contributed by atoms with Gasteiger partial charge in [0, 0.05) is 11.8 Å². The van der Waals surface area contributed by atoms with Crippen LogP contribution in [0.15, 0.2) is 15.8 Å². The number of aromatic nitrogens is 2. The van der Waals surface area contributed by atoms with Gasteiger partial charge in [-0.25, -0.2) is 9.18 Å². The summed E-state index contributed by atoms with van der Waals surface area (Å²) in [7, 11) is -4.91. The largest absolute Gasteiger partial charge is 1.00 e. The number of H-pyrrole nitrogens is 1. The molecule has 1 aromatic heterocycles. The molecule has 0 amide bonds. The zero-order valence-corrected chi connectivity index (χ0v) is 13.6. The molecule has 0 aliphatic rings. The fourth-order valence-electron chi connectivity index (χ4n) is 1.50. The van der Waals surface area contributed by atoms with Gasteiger partial charge in [0.05, 0.1) is 12.9 Å². The van der Waals surface area contributed by atoms with E-state index in [1.807, 2.05) is 0 Å². The van der Waals surface area contributed by atoms with E-state index >= 15 is 0 Å². The Hall–Kier alpha value is -0.0852. The first-order valence-corrected chi connectivity index (χ1v) is 7.51. The molecule has 1 aromatic rings. The molecule has 1 rings (SSSR count). The van der Waals surface area contributed by atoms with Crippen molar-refractivity contribution in [1.82, 2.24) is 9.55 Å². The number of hydrogen-bond donors (Lipinski definition) is 1. The van der Waals surface area contributed by atoms with Gasteiger partial charge >= 0.3 is 43.4 Å². The Labute approximate surface area is 150 Å². The van der Waals surface area contributed by atoms with Crippen molar-refractivity contribution in [3.63, 3.8) is 0 Å². The van der Waals surface area contributed by atoms with Gasteiger partial charge in [0.25, 0.3) is 5.56 Å². The molecule has 0 aromatic carbocycles. The number of rotatable bonds is 7. The average Bonchev–Trinajstić information content (AvgIpc) is 2.35. The van der Waals surface area contributed by atoms with Crippen LogP contribution in [0.5, 0.6) is 0 Å². The first-order valence-electron chi connectivity index (χ1n) is 5.78. The van der Waals surface area contributed by atoms with Crippen LogP contribution in [0.4, 0.5) is 4.39 Å². The molecular weight excluding hydrogens is 308 g/mol. The van der Waals surface area contributed by atoms with Crippen LogP contribution in [-0.4, -0.2) is 28.7 Å². The van der Waals surface area contributed by atoms with Crippen molar-refractivity contribution < 1.29 is 61.2 Å². The zero-order valence-electron chi connectivity index (χ0n) is 12.7. The minimum absolute atomic E-state index is 0. The van der Waals surface area contributed by atoms with E-state index < -0.39 is 38.0 Å². The summed E-state index contributed by atoms with van der Waals surface area (Å²) >= 11 is 0. The molecule has 0 saturated carbocycles. The summed E-state index contributed by atoms with van der Waals surface area (Å²) in [6.07, 6.45) is -0.797. The molecule has 0 bridgehead atoms. The van der Waals surface area contributed by atoms with Crippen molar-refractivity contribution in [3.05, 3.63) is 32.6 Å². The summed E-state index contributed by atoms with van der Waals surface area (Å²) < 4.78 is 28.7. The predicted octanol–water partition coefficient (Wildman–Crippen LogP) is -7.67. The molecule has 0 spiro atoms. The Balaban J connectivity index is 0. The van der Waals surface area contributed by atoms with Crippen LogP contribution < -0.4 is 58.8 Å². The van der Waals surface area contributed by atoms with Crippen LogP contribution in [0.1, 0.15) is 12.5 Å². The van der Waals surface area contributed by atoms with Crippen molar-refractivity contribution in [3.8, 4) is 0 Å².